The molecule has 4 rings (SSSR count). The van der Waals surface area contributed by atoms with Gasteiger partial charge in [0.2, 0.25) is 5.91 Å². The van der Waals surface area contributed by atoms with Gasteiger partial charge in [-0.05, 0) is 31.2 Å². The fourth-order valence-electron chi connectivity index (χ4n) is 4.30. The predicted molar refractivity (Wildman–Crippen MR) is 119 cm³/mol. The van der Waals surface area contributed by atoms with Crippen LogP contribution in [0.3, 0.4) is 0 Å². The summed E-state index contributed by atoms with van der Waals surface area (Å²) in [6.45, 7) is 7.37. The van der Waals surface area contributed by atoms with Crippen molar-refractivity contribution >= 4 is 17.6 Å². The molecule has 0 spiro atoms. The summed E-state index contributed by atoms with van der Waals surface area (Å²) < 4.78 is 5.46. The number of nitrogens with one attached hydrogen (secondary N) is 2. The van der Waals surface area contributed by atoms with Gasteiger partial charge < -0.3 is 24.8 Å². The molecule has 2 aliphatic rings. The van der Waals surface area contributed by atoms with Gasteiger partial charge in [-0.3, -0.25) is 4.79 Å². The molecule has 7 heteroatoms. The Labute approximate surface area is 183 Å². The number of rotatable bonds is 6. The molecule has 2 fully saturated rings. The summed E-state index contributed by atoms with van der Waals surface area (Å²) in [6.07, 6.45) is 0.332. The van der Waals surface area contributed by atoms with Crippen LogP contribution < -0.4 is 19.9 Å². The highest BCUT2D eigenvalue weighted by atomic mass is 16.5. The maximum absolute atomic E-state index is 12.7. The minimum absolute atomic E-state index is 0.0339. The number of amides is 3. The Morgan fingerprint density at radius 1 is 1.10 bits per heavy atom. The Kier molecular flexibility index (Phi) is 6.72. The molecule has 2 aromatic carbocycles. The number of hydrogen-bond donors (Lipinski definition) is 2. The SMILES string of the molecule is CCOc1ccc(N2C[C@H](NC(=O)N3CC[NH+](Cc4ccccc4)CC3)CC2=O)cc1. The molecule has 7 nitrogen and oxygen atoms in total. The van der Waals surface area contributed by atoms with E-state index in [4.69, 9.17) is 4.74 Å². The smallest absolute Gasteiger partial charge is 0.318 e. The van der Waals surface area contributed by atoms with Crippen LogP contribution in [0.1, 0.15) is 18.9 Å². The van der Waals surface area contributed by atoms with E-state index in [0.717, 1.165) is 44.2 Å². The van der Waals surface area contributed by atoms with Crippen molar-refractivity contribution in [3.05, 3.63) is 60.2 Å². The molecule has 2 heterocycles. The van der Waals surface area contributed by atoms with E-state index < -0.39 is 0 Å². The Hall–Kier alpha value is -3.06. The van der Waals surface area contributed by atoms with Crippen LogP contribution in [0.15, 0.2) is 54.6 Å². The first-order valence-corrected chi connectivity index (χ1v) is 11.1. The topological polar surface area (TPSA) is 66.3 Å². The third-order valence-corrected chi connectivity index (χ3v) is 5.97. The first kappa shape index (κ1) is 21.2. The minimum atomic E-state index is -0.165. The average Bonchev–Trinajstić information content (AvgIpc) is 3.15. The van der Waals surface area contributed by atoms with Crippen molar-refractivity contribution in [2.24, 2.45) is 0 Å². The normalized spacial score (nSPS) is 19.5. The van der Waals surface area contributed by atoms with Crippen LogP contribution in [-0.4, -0.2) is 62.2 Å². The lowest BCUT2D eigenvalue weighted by Gasteiger charge is -2.33. The maximum Gasteiger partial charge on any atom is 0.318 e. The number of quaternary nitrogens is 1. The number of ether oxygens (including phenoxy) is 1. The average molecular weight is 424 g/mol. The largest absolute Gasteiger partial charge is 0.494 e. The van der Waals surface area contributed by atoms with Gasteiger partial charge in [-0.1, -0.05) is 30.3 Å². The van der Waals surface area contributed by atoms with Crippen LogP contribution in [0.4, 0.5) is 10.5 Å². The Morgan fingerprint density at radius 2 is 1.81 bits per heavy atom. The van der Waals surface area contributed by atoms with E-state index in [1.165, 1.54) is 10.5 Å². The molecule has 164 valence electrons. The van der Waals surface area contributed by atoms with Crippen molar-refractivity contribution < 1.29 is 19.2 Å². The lowest BCUT2D eigenvalue weighted by atomic mass is 10.2. The van der Waals surface area contributed by atoms with E-state index in [2.05, 4.69) is 29.6 Å². The van der Waals surface area contributed by atoms with Crippen LogP contribution in [0.2, 0.25) is 0 Å². The Morgan fingerprint density at radius 3 is 2.48 bits per heavy atom. The fraction of sp³-hybridized carbons (Fsp3) is 0.417. The highest BCUT2D eigenvalue weighted by Gasteiger charge is 2.33. The van der Waals surface area contributed by atoms with Gasteiger partial charge in [0, 0.05) is 24.2 Å². The minimum Gasteiger partial charge on any atom is -0.494 e. The molecule has 2 aromatic rings. The molecular weight excluding hydrogens is 392 g/mol. The molecule has 0 unspecified atom stereocenters. The van der Waals surface area contributed by atoms with E-state index in [-0.39, 0.29) is 18.0 Å². The molecule has 0 aliphatic carbocycles. The summed E-state index contributed by atoms with van der Waals surface area (Å²) in [7, 11) is 0. The number of anilines is 1. The summed E-state index contributed by atoms with van der Waals surface area (Å²) in [5.74, 6) is 0.822. The zero-order valence-corrected chi connectivity index (χ0v) is 18.0. The number of piperazine rings is 1. The second-order valence-electron chi connectivity index (χ2n) is 8.18. The maximum atomic E-state index is 12.7. The van der Waals surface area contributed by atoms with Gasteiger partial charge in [0.05, 0.1) is 38.8 Å². The summed E-state index contributed by atoms with van der Waals surface area (Å²) in [4.78, 5) is 30.3. The van der Waals surface area contributed by atoms with E-state index in [9.17, 15) is 9.59 Å². The molecule has 3 amide bonds. The highest BCUT2D eigenvalue weighted by Crippen LogP contribution is 2.24. The predicted octanol–water partition coefficient (Wildman–Crippen LogP) is 1.30. The summed E-state index contributed by atoms with van der Waals surface area (Å²) in [5, 5.41) is 3.07. The van der Waals surface area contributed by atoms with Crippen molar-refractivity contribution in [3.63, 3.8) is 0 Å². The zero-order valence-electron chi connectivity index (χ0n) is 18.0. The van der Waals surface area contributed by atoms with E-state index in [1.807, 2.05) is 42.2 Å². The fourth-order valence-corrected chi connectivity index (χ4v) is 4.30. The molecule has 2 N–H and O–H groups in total. The monoisotopic (exact) mass is 423 g/mol. The van der Waals surface area contributed by atoms with Crippen molar-refractivity contribution in [1.29, 1.82) is 0 Å². The first-order chi connectivity index (χ1) is 15.1. The molecule has 0 aromatic heterocycles. The highest BCUT2D eigenvalue weighted by molar-refractivity contribution is 5.96. The van der Waals surface area contributed by atoms with Gasteiger partial charge in [-0.2, -0.15) is 0 Å². The Balaban J connectivity index is 1.25. The van der Waals surface area contributed by atoms with Crippen LogP contribution in [0.5, 0.6) is 5.75 Å². The lowest BCUT2D eigenvalue weighted by molar-refractivity contribution is -0.917. The Bertz CT molecular complexity index is 879. The number of nitrogens with zero attached hydrogens (tertiary/aromatic N) is 2. The molecular formula is C24H31N4O3+. The molecule has 31 heavy (non-hydrogen) atoms. The lowest BCUT2D eigenvalue weighted by Crippen LogP contribution is -3.13. The number of carbonyl (C=O) groups excluding carboxylic acids is 2. The number of urea groups is 1. The standard InChI is InChI=1S/C24H30N4O3/c1-2-31-22-10-8-21(9-11-22)28-18-20(16-23(28)29)25-24(30)27-14-12-26(13-15-27)17-19-6-4-3-5-7-19/h3-11,20H,2,12-18H2,1H3,(H,25,30)/p+1/t20-/m1/s1. The molecule has 2 saturated heterocycles. The van der Waals surface area contributed by atoms with Gasteiger partial charge in [0.25, 0.3) is 0 Å². The van der Waals surface area contributed by atoms with Crippen molar-refractivity contribution in [3.8, 4) is 5.75 Å². The van der Waals surface area contributed by atoms with Crippen molar-refractivity contribution in [2.75, 3.05) is 44.2 Å². The van der Waals surface area contributed by atoms with E-state index in [0.29, 0.717) is 19.6 Å². The van der Waals surface area contributed by atoms with Gasteiger partial charge >= 0.3 is 6.03 Å². The summed E-state index contributed by atoms with van der Waals surface area (Å²) >= 11 is 0. The second-order valence-corrected chi connectivity index (χ2v) is 8.18. The van der Waals surface area contributed by atoms with Crippen LogP contribution in [0.25, 0.3) is 0 Å². The van der Waals surface area contributed by atoms with Crippen molar-refractivity contribution in [2.45, 2.75) is 25.9 Å². The molecule has 1 atom stereocenters. The summed E-state index contributed by atoms with van der Waals surface area (Å²) in [6, 6.07) is 17.8. The number of hydrogen-bond acceptors (Lipinski definition) is 3. The summed E-state index contributed by atoms with van der Waals surface area (Å²) in [5.41, 5.74) is 2.16. The van der Waals surface area contributed by atoms with Gasteiger partial charge in [0.1, 0.15) is 12.3 Å². The third-order valence-electron chi connectivity index (χ3n) is 5.97. The van der Waals surface area contributed by atoms with E-state index >= 15 is 0 Å². The quantitative estimate of drug-likeness (QED) is 0.736. The van der Waals surface area contributed by atoms with Gasteiger partial charge in [-0.15, -0.1) is 0 Å². The number of benzene rings is 2. The van der Waals surface area contributed by atoms with Crippen LogP contribution in [-0.2, 0) is 11.3 Å². The van der Waals surface area contributed by atoms with Gasteiger partial charge in [-0.25, -0.2) is 4.79 Å². The zero-order chi connectivity index (χ0) is 21.6. The first-order valence-electron chi connectivity index (χ1n) is 11.1. The second kappa shape index (κ2) is 9.83. The molecule has 0 radical (unpaired) electrons. The van der Waals surface area contributed by atoms with Crippen LogP contribution in [0, 0.1) is 0 Å². The van der Waals surface area contributed by atoms with Gasteiger partial charge in [0.15, 0.2) is 0 Å². The molecule has 2 aliphatic heterocycles. The van der Waals surface area contributed by atoms with Crippen molar-refractivity contribution in [1.82, 2.24) is 10.2 Å². The molecule has 0 saturated carbocycles. The van der Waals surface area contributed by atoms with E-state index in [1.54, 1.807) is 4.90 Å². The third kappa shape index (κ3) is 5.35. The van der Waals surface area contributed by atoms with Crippen LogP contribution >= 0.6 is 0 Å². The number of carbonyl (C=O) groups is 2. The molecule has 0 bridgehead atoms.